The summed E-state index contributed by atoms with van der Waals surface area (Å²) in [5.74, 6) is -1.63. The van der Waals surface area contributed by atoms with Crippen molar-refractivity contribution >= 4 is 0 Å². The minimum Gasteiger partial charge on any atom is -0.505 e. The smallest absolute Gasteiger partial charge is 0.505 e. The van der Waals surface area contributed by atoms with E-state index in [1.54, 1.807) is 0 Å². The van der Waals surface area contributed by atoms with Gasteiger partial charge in [0.2, 0.25) is 0 Å². The molecule has 0 heterocycles. The largest absolute Gasteiger partial charge is 0.573 e. The highest BCUT2D eigenvalue weighted by Crippen LogP contribution is 2.28. The SMILES string of the molecule is Oc1cc(-c2ccc(OC(F)(F)F)cc2)ccc1F. The summed E-state index contributed by atoms with van der Waals surface area (Å²) in [5.41, 5.74) is 1.02. The van der Waals surface area contributed by atoms with Crippen molar-refractivity contribution in [1.29, 1.82) is 0 Å². The number of alkyl halides is 3. The average molecular weight is 272 g/mol. The monoisotopic (exact) mass is 272 g/mol. The molecule has 0 saturated heterocycles. The molecule has 6 heteroatoms. The van der Waals surface area contributed by atoms with Crippen LogP contribution in [0, 0.1) is 5.82 Å². The second-order valence-corrected chi connectivity index (χ2v) is 3.74. The Labute approximate surface area is 105 Å². The molecule has 1 N–H and O–H groups in total. The van der Waals surface area contributed by atoms with E-state index in [2.05, 4.69) is 4.74 Å². The van der Waals surface area contributed by atoms with E-state index in [4.69, 9.17) is 0 Å². The molecule has 0 saturated carbocycles. The zero-order valence-electron chi connectivity index (χ0n) is 9.41. The first-order valence-electron chi connectivity index (χ1n) is 5.20. The molecule has 0 aliphatic rings. The first-order valence-corrected chi connectivity index (χ1v) is 5.20. The molecule has 0 atom stereocenters. The molecule has 0 spiro atoms. The van der Waals surface area contributed by atoms with Gasteiger partial charge in [0, 0.05) is 0 Å². The Morgan fingerprint density at radius 2 is 1.47 bits per heavy atom. The molecule has 100 valence electrons. The van der Waals surface area contributed by atoms with Crippen LogP contribution in [0.15, 0.2) is 42.5 Å². The Bertz CT molecular complexity index is 576. The van der Waals surface area contributed by atoms with E-state index < -0.39 is 17.9 Å². The fourth-order valence-corrected chi connectivity index (χ4v) is 1.54. The molecular weight excluding hydrogens is 264 g/mol. The van der Waals surface area contributed by atoms with Crippen LogP contribution >= 0.6 is 0 Å². The Kier molecular flexibility index (Phi) is 3.33. The summed E-state index contributed by atoms with van der Waals surface area (Å²) in [6.07, 6.45) is -4.74. The third-order valence-electron chi connectivity index (χ3n) is 2.37. The van der Waals surface area contributed by atoms with Crippen LogP contribution in [0.1, 0.15) is 0 Å². The standard InChI is InChI=1S/C13H8F4O2/c14-11-6-3-9(7-12(11)18)8-1-4-10(5-2-8)19-13(15,16)17/h1-7,18H. The topological polar surface area (TPSA) is 29.5 Å². The second-order valence-electron chi connectivity index (χ2n) is 3.74. The van der Waals surface area contributed by atoms with Gasteiger partial charge in [0.25, 0.3) is 0 Å². The Morgan fingerprint density at radius 1 is 0.895 bits per heavy atom. The van der Waals surface area contributed by atoms with Gasteiger partial charge in [-0.15, -0.1) is 13.2 Å². The van der Waals surface area contributed by atoms with Crippen LogP contribution in [0.2, 0.25) is 0 Å². The van der Waals surface area contributed by atoms with Crippen molar-refractivity contribution in [2.45, 2.75) is 6.36 Å². The van der Waals surface area contributed by atoms with Gasteiger partial charge in [-0.25, -0.2) is 4.39 Å². The maximum Gasteiger partial charge on any atom is 0.573 e. The lowest BCUT2D eigenvalue weighted by atomic mass is 10.1. The number of phenolic OH excluding ortho intramolecular Hbond substituents is 1. The molecule has 0 unspecified atom stereocenters. The molecule has 0 amide bonds. The van der Waals surface area contributed by atoms with Crippen LogP contribution in [0.4, 0.5) is 17.6 Å². The van der Waals surface area contributed by atoms with Crippen molar-refractivity contribution in [3.8, 4) is 22.6 Å². The fourth-order valence-electron chi connectivity index (χ4n) is 1.54. The maximum absolute atomic E-state index is 12.9. The highest BCUT2D eigenvalue weighted by Gasteiger charge is 2.30. The molecule has 0 fully saturated rings. The molecule has 2 nitrogen and oxygen atoms in total. The lowest BCUT2D eigenvalue weighted by Crippen LogP contribution is -2.16. The number of halogens is 4. The van der Waals surface area contributed by atoms with Crippen molar-refractivity contribution in [2.75, 3.05) is 0 Å². The molecular formula is C13H8F4O2. The molecule has 2 aromatic carbocycles. The molecule has 2 rings (SSSR count). The average Bonchev–Trinajstić information content (AvgIpc) is 2.32. The van der Waals surface area contributed by atoms with Gasteiger partial charge in [-0.05, 0) is 35.4 Å². The number of phenols is 1. The van der Waals surface area contributed by atoms with Crippen molar-refractivity contribution in [3.05, 3.63) is 48.3 Å². The Morgan fingerprint density at radius 3 is 2.00 bits per heavy atom. The number of aromatic hydroxyl groups is 1. The summed E-state index contributed by atoms with van der Waals surface area (Å²) < 4.78 is 52.5. The van der Waals surface area contributed by atoms with Crippen LogP contribution < -0.4 is 4.74 Å². The van der Waals surface area contributed by atoms with Crippen LogP contribution in [0.25, 0.3) is 11.1 Å². The highest BCUT2D eigenvalue weighted by molar-refractivity contribution is 5.65. The molecule has 2 aromatic rings. The number of ether oxygens (including phenoxy) is 1. The summed E-state index contributed by atoms with van der Waals surface area (Å²) in [6.45, 7) is 0. The van der Waals surface area contributed by atoms with Crippen LogP contribution in [-0.4, -0.2) is 11.5 Å². The van der Waals surface area contributed by atoms with Gasteiger partial charge in [0.15, 0.2) is 11.6 Å². The molecule has 0 aliphatic carbocycles. The maximum atomic E-state index is 12.9. The van der Waals surface area contributed by atoms with Crippen LogP contribution in [0.5, 0.6) is 11.5 Å². The van der Waals surface area contributed by atoms with E-state index in [9.17, 15) is 22.7 Å². The van der Waals surface area contributed by atoms with Crippen molar-refractivity contribution in [1.82, 2.24) is 0 Å². The molecule has 0 bridgehead atoms. The van der Waals surface area contributed by atoms with E-state index in [-0.39, 0.29) is 5.75 Å². The van der Waals surface area contributed by atoms with Crippen molar-refractivity contribution in [3.63, 3.8) is 0 Å². The van der Waals surface area contributed by atoms with Crippen molar-refractivity contribution < 1.29 is 27.4 Å². The number of hydrogen-bond acceptors (Lipinski definition) is 2. The lowest BCUT2D eigenvalue weighted by Gasteiger charge is -2.09. The summed E-state index contributed by atoms with van der Waals surface area (Å²) in [6, 6.07) is 8.72. The predicted molar refractivity (Wildman–Crippen MR) is 60.2 cm³/mol. The summed E-state index contributed by atoms with van der Waals surface area (Å²) in [5, 5.41) is 9.22. The minimum atomic E-state index is -4.74. The van der Waals surface area contributed by atoms with E-state index in [1.807, 2.05) is 0 Å². The zero-order valence-corrected chi connectivity index (χ0v) is 9.41. The van der Waals surface area contributed by atoms with Gasteiger partial charge >= 0.3 is 6.36 Å². The summed E-state index contributed by atoms with van der Waals surface area (Å²) >= 11 is 0. The summed E-state index contributed by atoms with van der Waals surface area (Å²) in [7, 11) is 0. The van der Waals surface area contributed by atoms with Crippen molar-refractivity contribution in [2.24, 2.45) is 0 Å². The summed E-state index contributed by atoms with van der Waals surface area (Å²) in [4.78, 5) is 0. The van der Waals surface area contributed by atoms with Gasteiger partial charge in [0.1, 0.15) is 5.75 Å². The quantitative estimate of drug-likeness (QED) is 0.834. The molecule has 0 aliphatic heterocycles. The first-order chi connectivity index (χ1) is 8.85. The van der Waals surface area contributed by atoms with E-state index in [1.165, 1.54) is 24.3 Å². The van der Waals surface area contributed by atoms with E-state index in [0.29, 0.717) is 11.1 Å². The van der Waals surface area contributed by atoms with Crippen LogP contribution in [0.3, 0.4) is 0 Å². The normalized spacial score (nSPS) is 11.4. The van der Waals surface area contributed by atoms with Gasteiger partial charge in [0.05, 0.1) is 0 Å². The molecule has 0 radical (unpaired) electrons. The van der Waals surface area contributed by atoms with Gasteiger partial charge in [-0.2, -0.15) is 0 Å². The predicted octanol–water partition coefficient (Wildman–Crippen LogP) is 4.10. The lowest BCUT2D eigenvalue weighted by molar-refractivity contribution is -0.274. The van der Waals surface area contributed by atoms with Gasteiger partial charge in [-0.1, -0.05) is 18.2 Å². The van der Waals surface area contributed by atoms with E-state index >= 15 is 0 Å². The van der Waals surface area contributed by atoms with Gasteiger partial charge < -0.3 is 9.84 Å². The number of hydrogen-bond donors (Lipinski definition) is 1. The number of benzene rings is 2. The Hall–Kier alpha value is -2.24. The van der Waals surface area contributed by atoms with E-state index in [0.717, 1.165) is 18.2 Å². The third-order valence-corrected chi connectivity index (χ3v) is 2.37. The second kappa shape index (κ2) is 4.79. The zero-order chi connectivity index (χ0) is 14.0. The highest BCUT2D eigenvalue weighted by atomic mass is 19.4. The molecule has 0 aromatic heterocycles. The Balaban J connectivity index is 2.25. The molecule has 19 heavy (non-hydrogen) atoms. The van der Waals surface area contributed by atoms with Crippen LogP contribution in [-0.2, 0) is 0 Å². The first kappa shape index (κ1) is 13.2. The minimum absolute atomic E-state index is 0.345. The third kappa shape index (κ3) is 3.37. The number of rotatable bonds is 2. The fraction of sp³-hybridized carbons (Fsp3) is 0.0769. The van der Waals surface area contributed by atoms with Gasteiger partial charge in [-0.3, -0.25) is 0 Å².